The number of nitrogens with two attached hydrogens (primary N) is 1. The summed E-state index contributed by atoms with van der Waals surface area (Å²) >= 11 is 0. The summed E-state index contributed by atoms with van der Waals surface area (Å²) in [6.45, 7) is 0.408. The molecule has 1 fully saturated rings. The average molecular weight is 344 g/mol. The highest BCUT2D eigenvalue weighted by molar-refractivity contribution is 5.85. The Kier molecular flexibility index (Phi) is 7.77. The van der Waals surface area contributed by atoms with E-state index in [9.17, 15) is 14.9 Å². The second kappa shape index (κ2) is 9.32. The van der Waals surface area contributed by atoms with Gasteiger partial charge in [-0.1, -0.05) is 18.9 Å². The summed E-state index contributed by atoms with van der Waals surface area (Å²) in [4.78, 5) is 22.1. The first kappa shape index (κ1) is 19.2. The van der Waals surface area contributed by atoms with Crippen LogP contribution < -0.4 is 15.8 Å². The Morgan fingerprint density at radius 3 is 2.83 bits per heavy atom. The normalized spacial score (nSPS) is 20.2. The molecule has 1 aromatic carbocycles. The Bertz CT molecular complexity index is 541. The first-order chi connectivity index (χ1) is 10.6. The summed E-state index contributed by atoms with van der Waals surface area (Å²) in [5, 5.41) is 13.6. The molecular weight excluding hydrogens is 322 g/mol. The van der Waals surface area contributed by atoms with Crippen LogP contribution in [-0.2, 0) is 4.79 Å². The quantitative estimate of drug-likeness (QED) is 0.607. The fourth-order valence-corrected chi connectivity index (χ4v) is 2.76. The highest BCUT2D eigenvalue weighted by Gasteiger charge is 2.25. The van der Waals surface area contributed by atoms with E-state index >= 15 is 0 Å². The van der Waals surface area contributed by atoms with E-state index in [-0.39, 0.29) is 36.7 Å². The molecule has 2 rings (SSSR count). The largest absolute Gasteiger partial charge is 0.484 e. The molecule has 8 heteroatoms. The Labute approximate surface area is 141 Å². The molecule has 2 atom stereocenters. The number of nitrogens with zero attached hydrogens (tertiary/aromatic N) is 1. The number of halogens is 1. The molecule has 2 unspecified atom stereocenters. The molecule has 1 aliphatic carbocycles. The van der Waals surface area contributed by atoms with Gasteiger partial charge in [-0.05, 0) is 31.4 Å². The van der Waals surface area contributed by atoms with Gasteiger partial charge in [0.15, 0.2) is 6.61 Å². The molecule has 3 N–H and O–H groups in total. The van der Waals surface area contributed by atoms with Gasteiger partial charge in [-0.2, -0.15) is 0 Å². The van der Waals surface area contributed by atoms with Crippen molar-refractivity contribution in [1.29, 1.82) is 0 Å². The predicted molar refractivity (Wildman–Crippen MR) is 88.8 cm³/mol. The third-order valence-corrected chi connectivity index (χ3v) is 3.96. The van der Waals surface area contributed by atoms with E-state index in [4.69, 9.17) is 10.5 Å². The van der Waals surface area contributed by atoms with Crippen molar-refractivity contribution in [1.82, 2.24) is 5.32 Å². The minimum absolute atomic E-state index is 0. The van der Waals surface area contributed by atoms with E-state index in [1.807, 2.05) is 0 Å². The van der Waals surface area contributed by atoms with Gasteiger partial charge in [0.2, 0.25) is 0 Å². The standard InChI is InChI=1S/C15H21N3O4.ClH/c16-9-11-4-1-2-7-14(11)17-15(19)10-22-13-6-3-5-12(8-13)18(20)21;/h3,5-6,8,11,14H,1-2,4,7,9-10,16H2,(H,17,19);1H. The Morgan fingerprint density at radius 2 is 2.13 bits per heavy atom. The number of amides is 1. The van der Waals surface area contributed by atoms with Crippen molar-refractivity contribution < 1.29 is 14.5 Å². The smallest absolute Gasteiger partial charge is 0.273 e. The molecular formula is C15H22ClN3O4. The van der Waals surface area contributed by atoms with E-state index in [2.05, 4.69) is 5.32 Å². The third kappa shape index (κ3) is 5.69. The van der Waals surface area contributed by atoms with Crippen LogP contribution >= 0.6 is 12.4 Å². The lowest BCUT2D eigenvalue weighted by molar-refractivity contribution is -0.384. The van der Waals surface area contributed by atoms with E-state index in [1.54, 1.807) is 6.07 Å². The molecule has 0 bridgehead atoms. The molecule has 0 spiro atoms. The lowest BCUT2D eigenvalue weighted by Crippen LogP contribution is -2.46. The molecule has 1 aliphatic rings. The SMILES string of the molecule is Cl.NCC1CCCCC1NC(=O)COc1cccc([N+](=O)[O-])c1. The first-order valence-electron chi connectivity index (χ1n) is 7.47. The van der Waals surface area contributed by atoms with Crippen LogP contribution in [0.25, 0.3) is 0 Å². The van der Waals surface area contributed by atoms with Crippen molar-refractivity contribution in [3.8, 4) is 5.75 Å². The summed E-state index contributed by atoms with van der Waals surface area (Å²) in [5.74, 6) is 0.399. The number of hydrogen-bond donors (Lipinski definition) is 2. The highest BCUT2D eigenvalue weighted by atomic mass is 35.5. The summed E-state index contributed by atoms with van der Waals surface area (Å²) in [6.07, 6.45) is 4.21. The molecule has 1 aromatic rings. The zero-order chi connectivity index (χ0) is 15.9. The topological polar surface area (TPSA) is 107 Å². The van der Waals surface area contributed by atoms with E-state index in [1.165, 1.54) is 18.2 Å². The van der Waals surface area contributed by atoms with Gasteiger partial charge in [-0.25, -0.2) is 0 Å². The summed E-state index contributed by atoms with van der Waals surface area (Å²) in [7, 11) is 0. The zero-order valence-electron chi connectivity index (χ0n) is 12.8. The van der Waals surface area contributed by atoms with Crippen molar-refractivity contribution in [3.63, 3.8) is 0 Å². The van der Waals surface area contributed by atoms with Crippen LogP contribution in [-0.4, -0.2) is 30.0 Å². The van der Waals surface area contributed by atoms with Gasteiger partial charge in [0.25, 0.3) is 11.6 Å². The zero-order valence-corrected chi connectivity index (χ0v) is 13.6. The molecule has 0 heterocycles. The number of nitro benzene ring substituents is 1. The number of ether oxygens (including phenoxy) is 1. The maximum Gasteiger partial charge on any atom is 0.273 e. The first-order valence-corrected chi connectivity index (χ1v) is 7.47. The number of nitro groups is 1. The number of hydrogen-bond acceptors (Lipinski definition) is 5. The van der Waals surface area contributed by atoms with Crippen molar-refractivity contribution in [2.75, 3.05) is 13.2 Å². The maximum atomic E-state index is 12.0. The minimum Gasteiger partial charge on any atom is -0.484 e. The lowest BCUT2D eigenvalue weighted by Gasteiger charge is -2.31. The Balaban J connectivity index is 0.00000264. The van der Waals surface area contributed by atoms with Gasteiger partial charge in [-0.3, -0.25) is 14.9 Å². The second-order valence-electron chi connectivity index (χ2n) is 5.50. The highest BCUT2D eigenvalue weighted by Crippen LogP contribution is 2.23. The van der Waals surface area contributed by atoms with Crippen LogP contribution in [0.3, 0.4) is 0 Å². The molecule has 0 radical (unpaired) electrons. The van der Waals surface area contributed by atoms with Crippen LogP contribution in [0.2, 0.25) is 0 Å². The fraction of sp³-hybridized carbons (Fsp3) is 0.533. The number of non-ortho nitro benzene ring substituents is 1. The molecule has 0 aromatic heterocycles. The molecule has 0 aliphatic heterocycles. The minimum atomic E-state index is -0.499. The second-order valence-corrected chi connectivity index (χ2v) is 5.50. The van der Waals surface area contributed by atoms with Gasteiger partial charge < -0.3 is 15.8 Å². The molecule has 0 saturated heterocycles. The van der Waals surface area contributed by atoms with Crippen LogP contribution in [0.15, 0.2) is 24.3 Å². The Hall–Kier alpha value is -1.86. The van der Waals surface area contributed by atoms with E-state index in [0.29, 0.717) is 18.2 Å². The molecule has 1 amide bonds. The molecule has 128 valence electrons. The summed E-state index contributed by atoms with van der Waals surface area (Å²) in [6, 6.07) is 5.89. The predicted octanol–water partition coefficient (Wildman–Crippen LogP) is 2.03. The number of nitrogens with one attached hydrogen (secondary N) is 1. The van der Waals surface area contributed by atoms with E-state index in [0.717, 1.165) is 25.7 Å². The van der Waals surface area contributed by atoms with Crippen LogP contribution in [0, 0.1) is 16.0 Å². The summed E-state index contributed by atoms with van der Waals surface area (Å²) in [5.41, 5.74) is 5.67. The van der Waals surface area contributed by atoms with Gasteiger partial charge in [0, 0.05) is 12.1 Å². The van der Waals surface area contributed by atoms with Gasteiger partial charge in [0.1, 0.15) is 5.75 Å². The monoisotopic (exact) mass is 343 g/mol. The van der Waals surface area contributed by atoms with Crippen molar-refractivity contribution >= 4 is 24.0 Å². The van der Waals surface area contributed by atoms with Gasteiger partial charge in [0.05, 0.1) is 11.0 Å². The number of carbonyl (C=O) groups is 1. The van der Waals surface area contributed by atoms with Crippen LogP contribution in [0.1, 0.15) is 25.7 Å². The fourth-order valence-electron chi connectivity index (χ4n) is 2.76. The van der Waals surface area contributed by atoms with Crippen LogP contribution in [0.5, 0.6) is 5.75 Å². The summed E-state index contributed by atoms with van der Waals surface area (Å²) < 4.78 is 5.32. The van der Waals surface area contributed by atoms with Crippen molar-refractivity contribution in [2.45, 2.75) is 31.7 Å². The van der Waals surface area contributed by atoms with Crippen molar-refractivity contribution in [3.05, 3.63) is 34.4 Å². The van der Waals surface area contributed by atoms with Crippen LogP contribution in [0.4, 0.5) is 5.69 Å². The number of rotatable bonds is 6. The molecule has 1 saturated carbocycles. The number of benzene rings is 1. The number of carbonyl (C=O) groups excluding carboxylic acids is 1. The third-order valence-electron chi connectivity index (χ3n) is 3.96. The maximum absolute atomic E-state index is 12.0. The van der Waals surface area contributed by atoms with Gasteiger partial charge in [-0.15, -0.1) is 12.4 Å². The van der Waals surface area contributed by atoms with Crippen molar-refractivity contribution in [2.24, 2.45) is 11.7 Å². The molecule has 7 nitrogen and oxygen atoms in total. The van der Waals surface area contributed by atoms with E-state index < -0.39 is 4.92 Å². The Morgan fingerprint density at radius 1 is 1.39 bits per heavy atom. The molecule has 23 heavy (non-hydrogen) atoms. The average Bonchev–Trinajstić information content (AvgIpc) is 2.53. The lowest BCUT2D eigenvalue weighted by atomic mass is 9.84. The van der Waals surface area contributed by atoms with Gasteiger partial charge >= 0.3 is 0 Å².